The van der Waals surface area contributed by atoms with E-state index >= 15 is 0 Å². The predicted molar refractivity (Wildman–Crippen MR) is 118 cm³/mol. The second kappa shape index (κ2) is 10.3. The maximum Gasteiger partial charge on any atom is 0.258 e. The van der Waals surface area contributed by atoms with Crippen LogP contribution < -0.4 is 20.1 Å². The third-order valence-electron chi connectivity index (χ3n) is 4.78. The Labute approximate surface area is 181 Å². The smallest absolute Gasteiger partial charge is 0.258 e. The summed E-state index contributed by atoms with van der Waals surface area (Å²) in [5.41, 5.74) is 2.12. The number of hydrogen-bond donors (Lipinski definition) is 2. The van der Waals surface area contributed by atoms with Crippen LogP contribution in [0.3, 0.4) is 0 Å². The number of rotatable bonds is 6. The monoisotopic (exact) mass is 431 g/mol. The van der Waals surface area contributed by atoms with E-state index in [-0.39, 0.29) is 12.0 Å². The van der Waals surface area contributed by atoms with Crippen LogP contribution in [-0.4, -0.2) is 45.3 Å². The number of guanidine groups is 1. The Kier molecular flexibility index (Phi) is 7.54. The average Bonchev–Trinajstić information content (AvgIpc) is 3.27. The highest BCUT2D eigenvalue weighted by Crippen LogP contribution is 2.23. The number of amides is 1. The van der Waals surface area contributed by atoms with Crippen LogP contribution in [0.4, 0.5) is 5.69 Å². The topological polar surface area (TPSA) is 81.2 Å². The Hall–Kier alpha value is -2.77. The minimum Gasteiger partial charge on any atom is -0.497 e. The number of anilines is 1. The summed E-state index contributed by atoms with van der Waals surface area (Å²) in [7, 11) is 3.07. The minimum absolute atomic E-state index is 0.0519. The molecule has 3 rings (SSSR count). The van der Waals surface area contributed by atoms with Gasteiger partial charge in [-0.2, -0.15) is 0 Å². The summed E-state index contributed by atoms with van der Waals surface area (Å²) in [6.45, 7) is 3.14. The van der Waals surface area contributed by atoms with E-state index in [9.17, 15) is 4.79 Å². The average molecular weight is 432 g/mol. The number of methoxy groups -OCH3 is 2. The van der Waals surface area contributed by atoms with Crippen molar-refractivity contribution in [3.63, 3.8) is 0 Å². The number of aryl methyl sites for hydroxylation is 1. The third-order valence-corrected chi connectivity index (χ3v) is 5.01. The van der Waals surface area contributed by atoms with Crippen molar-refractivity contribution in [3.05, 3.63) is 52.5 Å². The number of carbonyl (C=O) groups is 1. The van der Waals surface area contributed by atoms with Crippen molar-refractivity contribution >= 4 is 29.2 Å². The maximum atomic E-state index is 12.9. The number of aliphatic imine (C=N–C) groups is 1. The fourth-order valence-corrected chi connectivity index (χ4v) is 3.24. The summed E-state index contributed by atoms with van der Waals surface area (Å²) in [6, 6.07) is 10.5. The van der Waals surface area contributed by atoms with Crippen molar-refractivity contribution in [2.45, 2.75) is 25.9 Å². The summed E-state index contributed by atoms with van der Waals surface area (Å²) >= 11 is 6.13. The molecule has 1 aliphatic rings. The van der Waals surface area contributed by atoms with E-state index in [0.717, 1.165) is 30.7 Å². The van der Waals surface area contributed by atoms with E-state index in [1.54, 1.807) is 24.3 Å². The van der Waals surface area contributed by atoms with Crippen molar-refractivity contribution in [1.82, 2.24) is 5.32 Å². The number of halogens is 1. The summed E-state index contributed by atoms with van der Waals surface area (Å²) in [5.74, 6) is 1.03. The molecule has 0 aromatic heterocycles. The van der Waals surface area contributed by atoms with E-state index in [2.05, 4.69) is 15.6 Å². The van der Waals surface area contributed by atoms with Crippen molar-refractivity contribution < 1.29 is 19.0 Å². The van der Waals surface area contributed by atoms with Gasteiger partial charge in [-0.3, -0.25) is 10.1 Å². The summed E-state index contributed by atoms with van der Waals surface area (Å²) < 4.78 is 16.2. The van der Waals surface area contributed by atoms with Gasteiger partial charge in [0, 0.05) is 28.9 Å². The normalized spacial score (nSPS) is 16.3. The first-order valence-corrected chi connectivity index (χ1v) is 10.1. The van der Waals surface area contributed by atoms with Crippen LogP contribution in [0.2, 0.25) is 5.02 Å². The standard InChI is InChI=1S/C22H26ClN3O4/c1-14-6-7-16(23)11-20(14)25-22(24-13-17-5-4-8-30-17)26-21(27)15-9-18(28-2)12-19(10-15)29-3/h6-7,9-12,17H,4-5,8,13H2,1-3H3,(H2,24,25,26,27)/t17-/m0/s1. The maximum absolute atomic E-state index is 12.9. The third kappa shape index (κ3) is 5.87. The molecule has 0 aliphatic carbocycles. The first kappa shape index (κ1) is 21.9. The first-order chi connectivity index (χ1) is 14.5. The van der Waals surface area contributed by atoms with Crippen molar-refractivity contribution in [2.75, 3.05) is 32.7 Å². The Morgan fingerprint density at radius 3 is 2.57 bits per heavy atom. The summed E-state index contributed by atoms with van der Waals surface area (Å²) in [6.07, 6.45) is 2.02. The van der Waals surface area contributed by atoms with Gasteiger partial charge in [-0.1, -0.05) is 17.7 Å². The molecule has 0 radical (unpaired) electrons. The highest BCUT2D eigenvalue weighted by molar-refractivity contribution is 6.31. The molecular formula is C22H26ClN3O4. The Morgan fingerprint density at radius 1 is 1.20 bits per heavy atom. The lowest BCUT2D eigenvalue weighted by Gasteiger charge is -2.15. The van der Waals surface area contributed by atoms with Crippen molar-refractivity contribution in [2.24, 2.45) is 4.99 Å². The van der Waals surface area contributed by atoms with Crippen molar-refractivity contribution in [1.29, 1.82) is 0 Å². The second-order valence-corrected chi connectivity index (χ2v) is 7.40. The van der Waals surface area contributed by atoms with Crippen molar-refractivity contribution in [3.8, 4) is 11.5 Å². The molecule has 1 amide bonds. The van der Waals surface area contributed by atoms with Crippen LogP contribution >= 0.6 is 11.6 Å². The molecule has 0 bridgehead atoms. The molecule has 1 fully saturated rings. The van der Waals surface area contributed by atoms with Crippen LogP contribution in [0.25, 0.3) is 0 Å². The zero-order chi connectivity index (χ0) is 21.5. The minimum atomic E-state index is -0.342. The van der Waals surface area contributed by atoms with Gasteiger partial charge < -0.3 is 19.5 Å². The van der Waals surface area contributed by atoms with E-state index in [4.69, 9.17) is 25.8 Å². The number of nitrogens with zero attached hydrogens (tertiary/aromatic N) is 1. The van der Waals surface area contributed by atoms with Gasteiger partial charge in [-0.05, 0) is 49.6 Å². The SMILES string of the molecule is COc1cc(OC)cc(C(=O)NC(=NC[C@@H]2CCCO2)Nc2cc(Cl)ccc2C)c1. The molecule has 30 heavy (non-hydrogen) atoms. The largest absolute Gasteiger partial charge is 0.497 e. The van der Waals surface area contributed by atoms with Gasteiger partial charge in [0.1, 0.15) is 11.5 Å². The number of ether oxygens (including phenoxy) is 3. The van der Waals surface area contributed by atoms with Gasteiger partial charge >= 0.3 is 0 Å². The van der Waals surface area contributed by atoms with E-state index in [1.165, 1.54) is 14.2 Å². The first-order valence-electron chi connectivity index (χ1n) is 9.72. The molecule has 0 saturated carbocycles. The van der Waals surface area contributed by atoms with Gasteiger partial charge in [-0.15, -0.1) is 0 Å². The van der Waals surface area contributed by atoms with Gasteiger partial charge in [-0.25, -0.2) is 4.99 Å². The van der Waals surface area contributed by atoms with Crippen LogP contribution in [0.15, 0.2) is 41.4 Å². The molecule has 8 heteroatoms. The molecule has 1 saturated heterocycles. The second-order valence-electron chi connectivity index (χ2n) is 6.96. The van der Waals surface area contributed by atoms with E-state index in [1.807, 2.05) is 19.1 Å². The highest BCUT2D eigenvalue weighted by Gasteiger charge is 2.17. The number of hydrogen-bond acceptors (Lipinski definition) is 5. The van der Waals surface area contributed by atoms with Gasteiger partial charge in [0.2, 0.25) is 5.96 Å². The molecule has 0 spiro atoms. The molecule has 2 aromatic rings. The van der Waals surface area contributed by atoms with Gasteiger partial charge in [0.25, 0.3) is 5.91 Å². The predicted octanol–water partition coefficient (Wildman–Crippen LogP) is 4.04. The van der Waals surface area contributed by atoms with E-state index < -0.39 is 0 Å². The molecule has 1 atom stereocenters. The molecular weight excluding hydrogens is 406 g/mol. The zero-order valence-corrected chi connectivity index (χ0v) is 18.1. The Balaban J connectivity index is 1.83. The molecule has 0 unspecified atom stereocenters. The lowest BCUT2D eigenvalue weighted by molar-refractivity contribution is 0.0975. The number of benzene rings is 2. The number of carbonyl (C=O) groups excluding carboxylic acids is 1. The molecule has 160 valence electrons. The van der Waals surface area contributed by atoms with Crippen LogP contribution in [0.1, 0.15) is 28.8 Å². The fourth-order valence-electron chi connectivity index (χ4n) is 3.07. The molecule has 2 N–H and O–H groups in total. The van der Waals surface area contributed by atoms with Crippen LogP contribution in [0.5, 0.6) is 11.5 Å². The lowest BCUT2D eigenvalue weighted by Crippen LogP contribution is -2.37. The van der Waals surface area contributed by atoms with Crippen LogP contribution in [-0.2, 0) is 4.74 Å². The molecule has 1 heterocycles. The molecule has 7 nitrogen and oxygen atoms in total. The van der Waals surface area contributed by atoms with Crippen LogP contribution in [0, 0.1) is 6.92 Å². The fraction of sp³-hybridized carbons (Fsp3) is 0.364. The number of nitrogens with one attached hydrogen (secondary N) is 2. The summed E-state index contributed by atoms with van der Waals surface area (Å²) in [4.78, 5) is 17.5. The highest BCUT2D eigenvalue weighted by atomic mass is 35.5. The van der Waals surface area contributed by atoms with E-state index in [0.29, 0.717) is 34.6 Å². The Bertz CT molecular complexity index is 904. The van der Waals surface area contributed by atoms with Gasteiger partial charge in [0.05, 0.1) is 26.9 Å². The zero-order valence-electron chi connectivity index (χ0n) is 17.3. The lowest BCUT2D eigenvalue weighted by atomic mass is 10.2. The quantitative estimate of drug-likeness (QED) is 0.533. The van der Waals surface area contributed by atoms with Gasteiger partial charge in [0.15, 0.2) is 0 Å². The summed E-state index contributed by atoms with van der Waals surface area (Å²) in [5, 5.41) is 6.62. The Morgan fingerprint density at radius 2 is 1.93 bits per heavy atom. The molecule has 2 aromatic carbocycles. The molecule has 1 aliphatic heterocycles.